The van der Waals surface area contributed by atoms with E-state index >= 15 is 0 Å². The molecule has 6 heteroatoms. The average molecular weight is 375 g/mol. The van der Waals surface area contributed by atoms with E-state index in [1.807, 2.05) is 24.3 Å². The Hall–Kier alpha value is -1.85. The standard InChI is InChI=1S/C20H27ClN4O/c1-24(2)13-17-5-3-4-6-19(17)23-20(26)16-9-7-15(8-10-16)12-25-14-18(21)11-22-25/h7-11,14,17,19H,3-6,12-13H2,1-2H3,(H,23,26). The molecule has 0 radical (unpaired) electrons. The molecule has 1 fully saturated rings. The quantitative estimate of drug-likeness (QED) is 0.842. The molecule has 26 heavy (non-hydrogen) atoms. The molecule has 1 aliphatic rings. The van der Waals surface area contributed by atoms with Gasteiger partial charge in [0.05, 0.1) is 17.8 Å². The fraction of sp³-hybridized carbons (Fsp3) is 0.500. The fourth-order valence-electron chi connectivity index (χ4n) is 3.71. The summed E-state index contributed by atoms with van der Waals surface area (Å²) < 4.78 is 1.78. The second-order valence-electron chi connectivity index (χ2n) is 7.44. The Labute approximate surface area is 160 Å². The number of amides is 1. The van der Waals surface area contributed by atoms with Gasteiger partial charge >= 0.3 is 0 Å². The van der Waals surface area contributed by atoms with Crippen LogP contribution in [-0.2, 0) is 6.54 Å². The van der Waals surface area contributed by atoms with Crippen LogP contribution in [0.2, 0.25) is 5.02 Å². The van der Waals surface area contributed by atoms with Crippen molar-refractivity contribution in [3.63, 3.8) is 0 Å². The SMILES string of the molecule is CN(C)CC1CCCCC1NC(=O)c1ccc(Cn2cc(Cl)cn2)cc1. The summed E-state index contributed by atoms with van der Waals surface area (Å²) in [5.41, 5.74) is 1.80. The maximum absolute atomic E-state index is 12.7. The first-order chi connectivity index (χ1) is 12.5. The van der Waals surface area contributed by atoms with Gasteiger partial charge in [-0.05, 0) is 50.6 Å². The average Bonchev–Trinajstić information content (AvgIpc) is 3.01. The van der Waals surface area contributed by atoms with Crippen LogP contribution < -0.4 is 5.32 Å². The minimum atomic E-state index is 0.0225. The summed E-state index contributed by atoms with van der Waals surface area (Å²) in [5.74, 6) is 0.556. The van der Waals surface area contributed by atoms with E-state index in [1.165, 1.54) is 19.3 Å². The van der Waals surface area contributed by atoms with Gasteiger partial charge in [-0.3, -0.25) is 9.48 Å². The lowest BCUT2D eigenvalue weighted by Crippen LogP contribution is -2.45. The van der Waals surface area contributed by atoms with Gasteiger partial charge < -0.3 is 10.2 Å². The number of nitrogens with one attached hydrogen (secondary N) is 1. The van der Waals surface area contributed by atoms with Crippen molar-refractivity contribution in [2.75, 3.05) is 20.6 Å². The van der Waals surface area contributed by atoms with E-state index in [4.69, 9.17) is 11.6 Å². The third-order valence-corrected chi connectivity index (χ3v) is 5.18. The molecule has 2 unspecified atom stereocenters. The van der Waals surface area contributed by atoms with Crippen LogP contribution in [0.4, 0.5) is 0 Å². The van der Waals surface area contributed by atoms with E-state index < -0.39 is 0 Å². The van der Waals surface area contributed by atoms with Crippen LogP contribution >= 0.6 is 11.6 Å². The number of aromatic nitrogens is 2. The molecule has 1 aliphatic carbocycles. The molecule has 2 atom stereocenters. The van der Waals surface area contributed by atoms with Crippen LogP contribution in [0.3, 0.4) is 0 Å². The van der Waals surface area contributed by atoms with Crippen LogP contribution in [0.15, 0.2) is 36.7 Å². The maximum Gasteiger partial charge on any atom is 0.251 e. The van der Waals surface area contributed by atoms with Crippen LogP contribution in [0.25, 0.3) is 0 Å². The zero-order chi connectivity index (χ0) is 18.5. The van der Waals surface area contributed by atoms with Crippen molar-refractivity contribution < 1.29 is 4.79 Å². The summed E-state index contributed by atoms with van der Waals surface area (Å²) in [6, 6.07) is 7.99. The van der Waals surface area contributed by atoms with Crippen molar-refractivity contribution in [1.82, 2.24) is 20.0 Å². The van der Waals surface area contributed by atoms with Gasteiger partial charge in [0.1, 0.15) is 0 Å². The van der Waals surface area contributed by atoms with Gasteiger partial charge in [0.25, 0.3) is 5.91 Å². The van der Waals surface area contributed by atoms with E-state index in [0.717, 1.165) is 18.5 Å². The lowest BCUT2D eigenvalue weighted by atomic mass is 9.84. The molecule has 0 bridgehead atoms. The molecule has 2 aromatic rings. The molecule has 0 saturated heterocycles. The number of carbonyl (C=O) groups excluding carboxylic acids is 1. The molecule has 1 heterocycles. The van der Waals surface area contributed by atoms with Gasteiger partial charge in [-0.15, -0.1) is 0 Å². The number of benzene rings is 1. The fourth-order valence-corrected chi connectivity index (χ4v) is 3.87. The summed E-state index contributed by atoms with van der Waals surface area (Å²) in [4.78, 5) is 14.9. The number of halogens is 1. The van der Waals surface area contributed by atoms with E-state index in [1.54, 1.807) is 17.1 Å². The highest BCUT2D eigenvalue weighted by atomic mass is 35.5. The maximum atomic E-state index is 12.7. The third kappa shape index (κ3) is 5.08. The molecular formula is C20H27ClN4O. The van der Waals surface area contributed by atoms with Gasteiger partial charge in [-0.25, -0.2) is 0 Å². The minimum Gasteiger partial charge on any atom is -0.349 e. The number of rotatable bonds is 6. The lowest BCUT2D eigenvalue weighted by molar-refractivity contribution is 0.0895. The van der Waals surface area contributed by atoms with Gasteiger partial charge in [-0.2, -0.15) is 5.10 Å². The highest BCUT2D eigenvalue weighted by Gasteiger charge is 2.27. The monoisotopic (exact) mass is 374 g/mol. The topological polar surface area (TPSA) is 50.2 Å². The smallest absolute Gasteiger partial charge is 0.251 e. The van der Waals surface area contributed by atoms with Crippen molar-refractivity contribution in [2.45, 2.75) is 38.3 Å². The Morgan fingerprint density at radius 3 is 2.65 bits per heavy atom. The predicted octanol–water partition coefficient (Wildman–Crippen LogP) is 3.44. The van der Waals surface area contributed by atoms with Crippen LogP contribution in [0.5, 0.6) is 0 Å². The van der Waals surface area contributed by atoms with E-state index in [0.29, 0.717) is 23.0 Å². The summed E-state index contributed by atoms with van der Waals surface area (Å²) in [5, 5.41) is 8.07. The first-order valence-corrected chi connectivity index (χ1v) is 9.61. The highest BCUT2D eigenvalue weighted by molar-refractivity contribution is 6.30. The number of hydrogen-bond acceptors (Lipinski definition) is 3. The zero-order valence-corrected chi connectivity index (χ0v) is 16.2. The molecule has 0 aliphatic heterocycles. The largest absolute Gasteiger partial charge is 0.349 e. The van der Waals surface area contributed by atoms with Gasteiger partial charge in [0, 0.05) is 24.3 Å². The van der Waals surface area contributed by atoms with Gasteiger partial charge in [0.2, 0.25) is 0 Å². The molecule has 1 N–H and O–H groups in total. The molecule has 140 valence electrons. The summed E-state index contributed by atoms with van der Waals surface area (Å²) in [6.45, 7) is 1.67. The second-order valence-corrected chi connectivity index (χ2v) is 7.88. The summed E-state index contributed by atoms with van der Waals surface area (Å²) in [6.07, 6.45) is 8.13. The van der Waals surface area contributed by atoms with Crippen LogP contribution in [0.1, 0.15) is 41.6 Å². The molecule has 1 aromatic heterocycles. The molecule has 1 saturated carbocycles. The molecule has 0 spiro atoms. The Bertz CT molecular complexity index is 726. The third-order valence-electron chi connectivity index (χ3n) is 4.99. The molecule has 5 nitrogen and oxygen atoms in total. The van der Waals surface area contributed by atoms with Crippen molar-refractivity contribution in [1.29, 1.82) is 0 Å². The second kappa shape index (κ2) is 8.69. The van der Waals surface area contributed by atoms with Crippen molar-refractivity contribution in [3.8, 4) is 0 Å². The Kier molecular flexibility index (Phi) is 6.33. The molecule has 1 amide bonds. The Morgan fingerprint density at radius 2 is 2.00 bits per heavy atom. The first kappa shape index (κ1) is 18.9. The lowest BCUT2D eigenvalue weighted by Gasteiger charge is -2.34. The van der Waals surface area contributed by atoms with Crippen molar-refractivity contribution >= 4 is 17.5 Å². The molecule has 3 rings (SSSR count). The summed E-state index contributed by atoms with van der Waals surface area (Å²) >= 11 is 5.89. The van der Waals surface area contributed by atoms with Crippen molar-refractivity contribution in [2.24, 2.45) is 5.92 Å². The van der Waals surface area contributed by atoms with Crippen LogP contribution in [-0.4, -0.2) is 47.3 Å². The van der Waals surface area contributed by atoms with Crippen molar-refractivity contribution in [3.05, 3.63) is 52.8 Å². The Balaban J connectivity index is 1.60. The normalized spacial score (nSPS) is 20.3. The number of carbonyl (C=O) groups is 1. The highest BCUT2D eigenvalue weighted by Crippen LogP contribution is 2.25. The Morgan fingerprint density at radius 1 is 1.27 bits per heavy atom. The van der Waals surface area contributed by atoms with Crippen LogP contribution in [0, 0.1) is 5.92 Å². The number of hydrogen-bond donors (Lipinski definition) is 1. The first-order valence-electron chi connectivity index (χ1n) is 9.24. The zero-order valence-electron chi connectivity index (χ0n) is 15.5. The molecule has 1 aromatic carbocycles. The molecular weight excluding hydrogens is 348 g/mol. The van der Waals surface area contributed by atoms with Gasteiger partial charge in [-0.1, -0.05) is 36.6 Å². The summed E-state index contributed by atoms with van der Waals surface area (Å²) in [7, 11) is 4.19. The van der Waals surface area contributed by atoms with E-state index in [2.05, 4.69) is 29.4 Å². The minimum absolute atomic E-state index is 0.0225. The van der Waals surface area contributed by atoms with Gasteiger partial charge in [0.15, 0.2) is 0 Å². The predicted molar refractivity (Wildman–Crippen MR) is 105 cm³/mol. The van der Waals surface area contributed by atoms with E-state index in [9.17, 15) is 4.79 Å². The van der Waals surface area contributed by atoms with E-state index in [-0.39, 0.29) is 11.9 Å². The number of nitrogens with zero attached hydrogens (tertiary/aromatic N) is 3.